The van der Waals surface area contributed by atoms with E-state index in [2.05, 4.69) is 27.2 Å². The zero-order valence-corrected chi connectivity index (χ0v) is 12.8. The van der Waals surface area contributed by atoms with Gasteiger partial charge in [0.15, 0.2) is 0 Å². The highest BCUT2D eigenvalue weighted by molar-refractivity contribution is 7.55. The molecule has 0 spiro atoms. The maximum absolute atomic E-state index is 5.80. The average molecular weight is 250 g/mol. The fraction of sp³-hybridized carbons (Fsp3) is 1.00. The Morgan fingerprint density at radius 2 is 1.53 bits per heavy atom. The normalized spacial score (nSPS) is 11.6. The van der Waals surface area contributed by atoms with E-state index in [1.165, 1.54) is 18.6 Å². The summed E-state index contributed by atoms with van der Waals surface area (Å²) >= 11 is 0. The van der Waals surface area contributed by atoms with E-state index < -0.39 is 9.28 Å². The standard InChI is InChI=1S/C11H27O2PSi/c1-5-8-12-15(13-9-6-2)11-7-10-14(3)4/h15H,5-11H2,1-4H3. The Morgan fingerprint density at radius 3 is 1.93 bits per heavy atom. The molecular formula is C11H27O2PSi. The van der Waals surface area contributed by atoms with Crippen LogP contribution in [0.25, 0.3) is 0 Å². The van der Waals surface area contributed by atoms with Gasteiger partial charge in [0.1, 0.15) is 0 Å². The van der Waals surface area contributed by atoms with Crippen LogP contribution in [0.3, 0.4) is 0 Å². The summed E-state index contributed by atoms with van der Waals surface area (Å²) in [6.45, 7) is 10.8. The van der Waals surface area contributed by atoms with Gasteiger partial charge in [-0.2, -0.15) is 0 Å². The van der Waals surface area contributed by atoms with Crippen LogP contribution < -0.4 is 0 Å². The Bertz CT molecular complexity index is 126. The molecule has 0 unspecified atom stereocenters. The molecule has 2 nitrogen and oxygen atoms in total. The first-order valence-electron chi connectivity index (χ1n) is 6.08. The molecule has 0 saturated heterocycles. The third-order valence-electron chi connectivity index (χ3n) is 2.06. The van der Waals surface area contributed by atoms with Gasteiger partial charge in [-0.05, 0) is 44.8 Å². The van der Waals surface area contributed by atoms with Crippen molar-refractivity contribution in [2.24, 2.45) is 0 Å². The quantitative estimate of drug-likeness (QED) is 0.438. The molecule has 0 radical (unpaired) electrons. The van der Waals surface area contributed by atoms with E-state index in [4.69, 9.17) is 8.85 Å². The predicted octanol–water partition coefficient (Wildman–Crippen LogP) is 3.19. The Balaban J connectivity index is 3.58. The lowest BCUT2D eigenvalue weighted by Crippen LogP contribution is -2.24. The van der Waals surface area contributed by atoms with Crippen molar-refractivity contribution in [3.8, 4) is 0 Å². The van der Waals surface area contributed by atoms with Gasteiger partial charge in [0.25, 0.3) is 0 Å². The number of rotatable bonds is 10. The van der Waals surface area contributed by atoms with Crippen molar-refractivity contribution in [2.45, 2.75) is 39.2 Å². The minimum Gasteiger partial charge on any atom is -0.397 e. The van der Waals surface area contributed by atoms with E-state index in [9.17, 15) is 0 Å². The van der Waals surface area contributed by atoms with Crippen LogP contribution in [-0.2, 0) is 8.85 Å². The van der Waals surface area contributed by atoms with E-state index in [0.29, 0.717) is 0 Å². The molecule has 0 heterocycles. The van der Waals surface area contributed by atoms with Gasteiger partial charge in [-0.15, -0.1) is 7.92 Å². The Labute approximate surface area is 98.3 Å². The highest BCUT2D eigenvalue weighted by atomic mass is 31.1. The molecule has 0 fully saturated rings. The summed E-state index contributed by atoms with van der Waals surface area (Å²) in [6, 6.07) is 1.19. The van der Waals surface area contributed by atoms with Gasteiger partial charge in [-0.1, -0.05) is 13.8 Å². The molecule has 92 valence electrons. The van der Waals surface area contributed by atoms with Crippen LogP contribution in [0.2, 0.25) is 6.04 Å². The summed E-state index contributed by atoms with van der Waals surface area (Å²) in [6.07, 6.45) is 4.87. The molecule has 0 aliphatic heterocycles. The zero-order chi connectivity index (χ0) is 11.5. The largest absolute Gasteiger partial charge is 0.397 e. The maximum Gasteiger partial charge on any atom is 0.321 e. The second-order valence-electron chi connectivity index (χ2n) is 4.12. The molecule has 0 aromatic carbocycles. The molecule has 0 aliphatic carbocycles. The Hall–Kier alpha value is 0.567. The van der Waals surface area contributed by atoms with Crippen molar-refractivity contribution >= 4 is 17.2 Å². The molecule has 0 saturated carbocycles. The molecular weight excluding hydrogens is 223 g/mol. The lowest BCUT2D eigenvalue weighted by atomic mass is 10.5. The van der Waals surface area contributed by atoms with E-state index in [1.54, 1.807) is 0 Å². The summed E-state index contributed by atoms with van der Waals surface area (Å²) in [4.78, 5) is 0. The molecule has 0 bridgehead atoms. The fourth-order valence-electron chi connectivity index (χ4n) is 1.29. The maximum atomic E-state index is 5.80. The van der Waals surface area contributed by atoms with Crippen molar-refractivity contribution in [3.63, 3.8) is 0 Å². The summed E-state index contributed by atoms with van der Waals surface area (Å²) in [5.74, 6) is 0. The summed E-state index contributed by atoms with van der Waals surface area (Å²) < 4.78 is 11.6. The Kier molecular flexibility index (Phi) is 11.5. The number of hydrogen-bond donors (Lipinski definition) is 0. The minimum atomic E-state index is -1.32. The van der Waals surface area contributed by atoms with Crippen LogP contribution >= 0.6 is 7.92 Å². The lowest BCUT2D eigenvalue weighted by Gasteiger charge is -2.16. The van der Waals surface area contributed by atoms with Crippen LogP contribution in [0, 0.1) is 0 Å². The molecule has 0 atom stereocenters. The van der Waals surface area contributed by atoms with Gasteiger partial charge in [-0.3, -0.25) is 0 Å². The van der Waals surface area contributed by atoms with Gasteiger partial charge in [0.2, 0.25) is 0 Å². The fourth-order valence-corrected chi connectivity index (χ4v) is 4.41. The van der Waals surface area contributed by atoms with Crippen molar-refractivity contribution < 1.29 is 8.85 Å². The predicted molar refractivity (Wildman–Crippen MR) is 72.7 cm³/mol. The second-order valence-corrected chi connectivity index (χ2v) is 8.83. The highest BCUT2D eigenvalue weighted by Gasteiger charge is 2.12. The molecule has 15 heavy (non-hydrogen) atoms. The molecule has 0 aromatic heterocycles. The third-order valence-corrected chi connectivity index (χ3v) is 5.37. The first-order chi connectivity index (χ1) is 7.20. The summed E-state index contributed by atoms with van der Waals surface area (Å²) in [5.41, 5.74) is 0. The van der Waals surface area contributed by atoms with Crippen LogP contribution in [0.15, 0.2) is 0 Å². The first kappa shape index (κ1) is 15.6. The molecule has 0 aromatic rings. The second kappa shape index (κ2) is 11.1. The SMILES string of the molecule is CCCO[SiH](CCCP(C)C)OCCC. The van der Waals surface area contributed by atoms with Crippen molar-refractivity contribution in [3.05, 3.63) is 0 Å². The van der Waals surface area contributed by atoms with Crippen LogP contribution in [0.5, 0.6) is 0 Å². The topological polar surface area (TPSA) is 18.5 Å². The third kappa shape index (κ3) is 10.8. The molecule has 0 amide bonds. The van der Waals surface area contributed by atoms with Crippen LogP contribution in [0.4, 0.5) is 0 Å². The zero-order valence-electron chi connectivity index (χ0n) is 10.8. The van der Waals surface area contributed by atoms with Gasteiger partial charge in [-0.25, -0.2) is 0 Å². The summed E-state index contributed by atoms with van der Waals surface area (Å²) in [7, 11) is -1.06. The van der Waals surface area contributed by atoms with E-state index in [-0.39, 0.29) is 7.92 Å². The van der Waals surface area contributed by atoms with Crippen molar-refractivity contribution in [1.82, 2.24) is 0 Å². The number of hydrogen-bond acceptors (Lipinski definition) is 2. The van der Waals surface area contributed by atoms with Crippen molar-refractivity contribution in [2.75, 3.05) is 32.7 Å². The highest BCUT2D eigenvalue weighted by Crippen LogP contribution is 2.26. The Morgan fingerprint density at radius 1 is 1.00 bits per heavy atom. The molecule has 0 N–H and O–H groups in total. The van der Waals surface area contributed by atoms with Crippen molar-refractivity contribution in [1.29, 1.82) is 0 Å². The average Bonchev–Trinajstić information content (AvgIpc) is 2.20. The van der Waals surface area contributed by atoms with Gasteiger partial charge < -0.3 is 8.85 Å². The monoisotopic (exact) mass is 250 g/mol. The molecule has 0 aliphatic rings. The van der Waals surface area contributed by atoms with Crippen LogP contribution in [-0.4, -0.2) is 42.0 Å². The van der Waals surface area contributed by atoms with Gasteiger partial charge >= 0.3 is 9.28 Å². The molecule has 4 heteroatoms. The molecule has 0 rings (SSSR count). The van der Waals surface area contributed by atoms with Gasteiger partial charge in [0.05, 0.1) is 0 Å². The van der Waals surface area contributed by atoms with E-state index >= 15 is 0 Å². The minimum absolute atomic E-state index is 0.254. The van der Waals surface area contributed by atoms with E-state index in [1.807, 2.05) is 0 Å². The van der Waals surface area contributed by atoms with Crippen LogP contribution in [0.1, 0.15) is 33.1 Å². The van der Waals surface area contributed by atoms with E-state index in [0.717, 1.165) is 26.1 Å². The smallest absolute Gasteiger partial charge is 0.321 e. The summed E-state index contributed by atoms with van der Waals surface area (Å²) in [5, 5.41) is 0. The van der Waals surface area contributed by atoms with Gasteiger partial charge in [0, 0.05) is 13.2 Å². The lowest BCUT2D eigenvalue weighted by molar-refractivity contribution is 0.196. The first-order valence-corrected chi connectivity index (χ1v) is 10.3.